The Labute approximate surface area is 123 Å². The molecule has 3 heterocycles. The highest BCUT2D eigenvalue weighted by Crippen LogP contribution is 2.11. The summed E-state index contributed by atoms with van der Waals surface area (Å²) in [5, 5.41) is 6.49. The van der Waals surface area contributed by atoms with Crippen LogP contribution in [0.15, 0.2) is 37.1 Å². The molecule has 1 aliphatic rings. The smallest absolute Gasteiger partial charge is 0.251 e. The molecule has 1 saturated heterocycles. The zero-order valence-corrected chi connectivity index (χ0v) is 12.0. The lowest BCUT2D eigenvalue weighted by molar-refractivity contribution is 0.0919. The molecule has 2 unspecified atom stereocenters. The maximum Gasteiger partial charge on any atom is 0.251 e. The van der Waals surface area contributed by atoms with Gasteiger partial charge in [0.2, 0.25) is 0 Å². The molecule has 1 fully saturated rings. The average molecular weight is 285 g/mol. The molecule has 0 radical (unpaired) electrons. The predicted octanol–water partition coefficient (Wildman–Crippen LogP) is 1.14. The number of pyridine rings is 1. The first-order valence-corrected chi connectivity index (χ1v) is 7.22. The average Bonchev–Trinajstić information content (AvgIpc) is 3.04. The first kappa shape index (κ1) is 13.8. The van der Waals surface area contributed by atoms with Crippen LogP contribution in [0.4, 0.5) is 0 Å². The summed E-state index contributed by atoms with van der Waals surface area (Å²) in [6, 6.07) is 3.99. The number of imidazole rings is 1. The molecule has 0 saturated carbocycles. The summed E-state index contributed by atoms with van der Waals surface area (Å²) >= 11 is 0. The van der Waals surface area contributed by atoms with Gasteiger partial charge in [0.1, 0.15) is 12.1 Å². The maximum atomic E-state index is 12.4. The minimum absolute atomic E-state index is 0.0562. The van der Waals surface area contributed by atoms with Crippen LogP contribution < -0.4 is 10.6 Å². The Morgan fingerprint density at radius 3 is 3.14 bits per heavy atom. The third-order valence-electron chi connectivity index (χ3n) is 3.85. The number of carbonyl (C=O) groups is 1. The highest BCUT2D eigenvalue weighted by Gasteiger charge is 2.22. The molecular weight excluding hydrogens is 266 g/mol. The molecule has 110 valence electrons. The molecule has 0 aromatic carbocycles. The van der Waals surface area contributed by atoms with Crippen molar-refractivity contribution < 1.29 is 4.79 Å². The molecule has 0 spiro atoms. The lowest BCUT2D eigenvalue weighted by Gasteiger charge is -2.30. The highest BCUT2D eigenvalue weighted by molar-refractivity contribution is 5.94. The van der Waals surface area contributed by atoms with Crippen LogP contribution in [-0.4, -0.2) is 39.1 Å². The number of nitrogens with zero attached hydrogens (tertiary/aromatic N) is 3. The van der Waals surface area contributed by atoms with Crippen molar-refractivity contribution in [2.24, 2.45) is 0 Å². The standard InChI is InChI=1S/C15H19N5O/c1-11-13(3-2-5-17-11)19-15(21)12-4-6-18-14(9-12)20-8-7-16-10-20/h4,6-11,13,17H,2-3,5H2,1H3,(H,19,21). The molecule has 6 heteroatoms. The van der Waals surface area contributed by atoms with Crippen molar-refractivity contribution in [1.29, 1.82) is 0 Å². The van der Waals surface area contributed by atoms with Gasteiger partial charge in [-0.2, -0.15) is 0 Å². The number of hydrogen-bond donors (Lipinski definition) is 2. The second-order valence-corrected chi connectivity index (χ2v) is 5.34. The number of aromatic nitrogens is 3. The summed E-state index contributed by atoms with van der Waals surface area (Å²) in [7, 11) is 0. The largest absolute Gasteiger partial charge is 0.348 e. The zero-order valence-electron chi connectivity index (χ0n) is 12.0. The highest BCUT2D eigenvalue weighted by atomic mass is 16.1. The molecule has 21 heavy (non-hydrogen) atoms. The quantitative estimate of drug-likeness (QED) is 0.887. The van der Waals surface area contributed by atoms with Gasteiger partial charge in [-0.3, -0.25) is 9.36 Å². The summed E-state index contributed by atoms with van der Waals surface area (Å²) in [5.74, 6) is 0.634. The van der Waals surface area contributed by atoms with Crippen molar-refractivity contribution in [3.05, 3.63) is 42.6 Å². The van der Waals surface area contributed by atoms with E-state index in [0.717, 1.165) is 19.4 Å². The molecule has 1 amide bonds. The summed E-state index contributed by atoms with van der Waals surface area (Å²) in [4.78, 5) is 20.6. The minimum Gasteiger partial charge on any atom is -0.348 e. The van der Waals surface area contributed by atoms with Crippen molar-refractivity contribution in [1.82, 2.24) is 25.2 Å². The van der Waals surface area contributed by atoms with E-state index >= 15 is 0 Å². The third-order valence-corrected chi connectivity index (χ3v) is 3.85. The van der Waals surface area contributed by atoms with Crippen molar-refractivity contribution >= 4 is 5.91 Å². The molecule has 1 aliphatic heterocycles. The lowest BCUT2D eigenvalue weighted by atomic mass is 9.99. The van der Waals surface area contributed by atoms with E-state index in [2.05, 4.69) is 27.5 Å². The van der Waals surface area contributed by atoms with Gasteiger partial charge in [-0.05, 0) is 38.4 Å². The van der Waals surface area contributed by atoms with Crippen molar-refractivity contribution in [3.8, 4) is 5.82 Å². The van der Waals surface area contributed by atoms with Gasteiger partial charge in [-0.25, -0.2) is 9.97 Å². The molecule has 2 aromatic heterocycles. The van der Waals surface area contributed by atoms with Crippen molar-refractivity contribution in [3.63, 3.8) is 0 Å². The van der Waals surface area contributed by atoms with Crippen LogP contribution in [0, 0.1) is 0 Å². The lowest BCUT2D eigenvalue weighted by Crippen LogP contribution is -2.51. The van der Waals surface area contributed by atoms with Gasteiger partial charge in [0.05, 0.1) is 0 Å². The van der Waals surface area contributed by atoms with Crippen LogP contribution in [0.1, 0.15) is 30.1 Å². The van der Waals surface area contributed by atoms with Crippen molar-refractivity contribution in [2.45, 2.75) is 31.8 Å². The van der Waals surface area contributed by atoms with E-state index in [1.54, 1.807) is 41.6 Å². The number of amides is 1. The van der Waals surface area contributed by atoms with Gasteiger partial charge in [0.15, 0.2) is 0 Å². The van der Waals surface area contributed by atoms with Crippen molar-refractivity contribution in [2.75, 3.05) is 6.54 Å². The number of hydrogen-bond acceptors (Lipinski definition) is 4. The second kappa shape index (κ2) is 6.05. The second-order valence-electron chi connectivity index (χ2n) is 5.34. The SMILES string of the molecule is CC1NCCCC1NC(=O)c1ccnc(-n2ccnc2)c1. The van der Waals surface area contributed by atoms with Gasteiger partial charge < -0.3 is 10.6 Å². The molecular formula is C15H19N5O. The Hall–Kier alpha value is -2.21. The molecule has 2 N–H and O–H groups in total. The molecule has 6 nitrogen and oxygen atoms in total. The van der Waals surface area contributed by atoms with Crippen LogP contribution >= 0.6 is 0 Å². The molecule has 2 aromatic rings. The van der Waals surface area contributed by atoms with Gasteiger partial charge in [-0.15, -0.1) is 0 Å². The van der Waals surface area contributed by atoms with Gasteiger partial charge in [0.25, 0.3) is 5.91 Å². The first-order valence-electron chi connectivity index (χ1n) is 7.22. The van der Waals surface area contributed by atoms with Gasteiger partial charge >= 0.3 is 0 Å². The Morgan fingerprint density at radius 1 is 1.48 bits per heavy atom. The van der Waals surface area contributed by atoms with Crippen LogP contribution in [0.5, 0.6) is 0 Å². The number of nitrogens with one attached hydrogen (secondary N) is 2. The fraction of sp³-hybridized carbons (Fsp3) is 0.400. The minimum atomic E-state index is -0.0562. The van der Waals surface area contributed by atoms with E-state index in [9.17, 15) is 4.79 Å². The number of piperidine rings is 1. The van der Waals surface area contributed by atoms with Gasteiger partial charge in [0, 0.05) is 36.2 Å². The van der Waals surface area contributed by atoms with E-state index in [1.165, 1.54) is 0 Å². The monoisotopic (exact) mass is 285 g/mol. The topological polar surface area (TPSA) is 71.8 Å². The summed E-state index contributed by atoms with van der Waals surface area (Å²) in [6.07, 6.45) is 8.90. The van der Waals surface area contributed by atoms with Gasteiger partial charge in [-0.1, -0.05) is 0 Å². The van der Waals surface area contributed by atoms with E-state index < -0.39 is 0 Å². The Kier molecular flexibility index (Phi) is 3.96. The molecule has 0 aliphatic carbocycles. The Balaban J connectivity index is 1.74. The van der Waals surface area contributed by atoms with E-state index in [0.29, 0.717) is 17.4 Å². The number of rotatable bonds is 3. The zero-order chi connectivity index (χ0) is 14.7. The van der Waals surface area contributed by atoms with E-state index in [1.807, 2.05) is 0 Å². The van der Waals surface area contributed by atoms with Crippen LogP contribution in [0.3, 0.4) is 0 Å². The van der Waals surface area contributed by atoms with Crippen LogP contribution in [0.2, 0.25) is 0 Å². The predicted molar refractivity (Wildman–Crippen MR) is 79.3 cm³/mol. The molecule has 0 bridgehead atoms. The van der Waals surface area contributed by atoms with Crippen LogP contribution in [0.25, 0.3) is 5.82 Å². The van der Waals surface area contributed by atoms with E-state index in [-0.39, 0.29) is 11.9 Å². The molecule has 2 atom stereocenters. The fourth-order valence-corrected chi connectivity index (χ4v) is 2.59. The summed E-state index contributed by atoms with van der Waals surface area (Å²) in [6.45, 7) is 3.13. The van der Waals surface area contributed by atoms with Crippen LogP contribution in [-0.2, 0) is 0 Å². The van der Waals surface area contributed by atoms with E-state index in [4.69, 9.17) is 0 Å². The molecule has 3 rings (SSSR count). The summed E-state index contributed by atoms with van der Waals surface area (Å²) < 4.78 is 1.78. The first-order chi connectivity index (χ1) is 10.2. The Bertz CT molecular complexity index is 610. The maximum absolute atomic E-state index is 12.4. The Morgan fingerprint density at radius 2 is 2.38 bits per heavy atom. The summed E-state index contributed by atoms with van der Waals surface area (Å²) in [5.41, 5.74) is 0.617. The fourth-order valence-electron chi connectivity index (χ4n) is 2.59. The third kappa shape index (κ3) is 3.11. The normalized spacial score (nSPS) is 22.0. The number of carbonyl (C=O) groups excluding carboxylic acids is 1.